The molecule has 0 saturated carbocycles. The lowest BCUT2D eigenvalue weighted by Crippen LogP contribution is -2.05. The van der Waals surface area contributed by atoms with Crippen molar-refractivity contribution in [2.45, 2.75) is 6.92 Å². The molecule has 0 saturated heterocycles. The lowest BCUT2D eigenvalue weighted by atomic mass is 10.1. The molecule has 2 rings (SSSR count). The second-order valence-corrected chi connectivity index (χ2v) is 3.54. The van der Waals surface area contributed by atoms with Crippen LogP contribution in [0, 0.1) is 0 Å². The molecular weight excluding hydrogens is 236 g/mol. The Hall–Kier alpha value is -2.17. The average molecular weight is 250 g/mol. The van der Waals surface area contributed by atoms with E-state index in [2.05, 4.69) is 0 Å². The molecule has 1 heterocycles. The van der Waals surface area contributed by atoms with E-state index in [0.717, 1.165) is 0 Å². The van der Waals surface area contributed by atoms with Crippen molar-refractivity contribution in [2.75, 3.05) is 20.5 Å². The van der Waals surface area contributed by atoms with E-state index in [1.807, 2.05) is 6.92 Å². The summed E-state index contributed by atoms with van der Waals surface area (Å²) in [4.78, 5) is 12.0. The Morgan fingerprint density at radius 2 is 2.22 bits per heavy atom. The molecule has 5 heteroatoms. The third-order valence-electron chi connectivity index (χ3n) is 2.42. The van der Waals surface area contributed by atoms with Crippen molar-refractivity contribution in [3.63, 3.8) is 0 Å². The van der Waals surface area contributed by atoms with Gasteiger partial charge in [-0.15, -0.1) is 0 Å². The molecular formula is C13H14O5. The van der Waals surface area contributed by atoms with Crippen molar-refractivity contribution in [2.24, 2.45) is 0 Å². The molecule has 96 valence electrons. The van der Waals surface area contributed by atoms with Gasteiger partial charge in [-0.05, 0) is 25.1 Å². The fourth-order valence-electron chi connectivity index (χ4n) is 1.59. The summed E-state index contributed by atoms with van der Waals surface area (Å²) in [6.45, 7) is 2.44. The van der Waals surface area contributed by atoms with Gasteiger partial charge in [0.1, 0.15) is 6.26 Å². The minimum Gasteiger partial charge on any atom is -0.493 e. The molecule has 1 aliphatic rings. The lowest BCUT2D eigenvalue weighted by molar-refractivity contribution is 0.0684. The summed E-state index contributed by atoms with van der Waals surface area (Å²) in [7, 11) is 1.55. The lowest BCUT2D eigenvalue weighted by Gasteiger charge is -2.10. The molecule has 0 unspecified atom stereocenters. The van der Waals surface area contributed by atoms with Crippen LogP contribution in [0.15, 0.2) is 30.2 Å². The Morgan fingerprint density at radius 3 is 2.83 bits per heavy atom. The van der Waals surface area contributed by atoms with Gasteiger partial charge in [-0.25, -0.2) is 0 Å². The van der Waals surface area contributed by atoms with Gasteiger partial charge in [0.2, 0.25) is 18.3 Å². The summed E-state index contributed by atoms with van der Waals surface area (Å²) in [6, 6.07) is 4.98. The maximum absolute atomic E-state index is 12.0. The number of ketones is 1. The molecule has 0 radical (unpaired) electrons. The van der Waals surface area contributed by atoms with E-state index in [1.54, 1.807) is 25.3 Å². The van der Waals surface area contributed by atoms with Gasteiger partial charge in [0.05, 0.1) is 13.7 Å². The highest BCUT2D eigenvalue weighted by atomic mass is 16.7. The third-order valence-corrected chi connectivity index (χ3v) is 2.42. The van der Waals surface area contributed by atoms with Gasteiger partial charge in [0.15, 0.2) is 11.5 Å². The van der Waals surface area contributed by atoms with E-state index in [-0.39, 0.29) is 18.3 Å². The van der Waals surface area contributed by atoms with Crippen LogP contribution in [-0.4, -0.2) is 26.3 Å². The summed E-state index contributed by atoms with van der Waals surface area (Å²) >= 11 is 0. The van der Waals surface area contributed by atoms with Crippen LogP contribution in [0.1, 0.15) is 17.3 Å². The topological polar surface area (TPSA) is 54.0 Å². The normalized spacial score (nSPS) is 13.3. The van der Waals surface area contributed by atoms with Crippen molar-refractivity contribution < 1.29 is 23.7 Å². The first-order valence-electron chi connectivity index (χ1n) is 5.56. The van der Waals surface area contributed by atoms with Gasteiger partial charge < -0.3 is 18.9 Å². The number of allylic oxidation sites excluding steroid dienone is 1. The van der Waals surface area contributed by atoms with Crippen LogP contribution < -0.4 is 9.47 Å². The van der Waals surface area contributed by atoms with Crippen molar-refractivity contribution in [1.29, 1.82) is 0 Å². The molecule has 0 aromatic heterocycles. The number of ether oxygens (including phenoxy) is 4. The SMILES string of the molecule is CCOc1cc(C(=O)C2=COCO2)ccc1OC. The zero-order chi connectivity index (χ0) is 13.0. The standard InChI is InChI=1S/C13H14O5/c1-3-17-11-6-9(4-5-10(11)15-2)13(14)12-7-16-8-18-12/h4-7H,3,8H2,1-2H3. The van der Waals surface area contributed by atoms with E-state index < -0.39 is 0 Å². The molecule has 0 spiro atoms. The van der Waals surface area contributed by atoms with Crippen molar-refractivity contribution in [3.8, 4) is 11.5 Å². The van der Waals surface area contributed by atoms with Gasteiger partial charge in [0, 0.05) is 5.56 Å². The Bertz CT molecular complexity index is 478. The van der Waals surface area contributed by atoms with Crippen molar-refractivity contribution in [1.82, 2.24) is 0 Å². The molecule has 1 aromatic rings. The van der Waals surface area contributed by atoms with Gasteiger partial charge in [-0.2, -0.15) is 0 Å². The molecule has 1 aromatic carbocycles. The maximum Gasteiger partial charge on any atom is 0.231 e. The van der Waals surface area contributed by atoms with Crippen LogP contribution in [0.25, 0.3) is 0 Å². The minimum atomic E-state index is -0.240. The number of carbonyl (C=O) groups excluding carboxylic acids is 1. The molecule has 0 N–H and O–H groups in total. The Balaban J connectivity index is 2.28. The minimum absolute atomic E-state index is 0.0789. The number of methoxy groups -OCH3 is 1. The van der Waals surface area contributed by atoms with E-state index in [1.165, 1.54) is 6.26 Å². The Morgan fingerprint density at radius 1 is 1.39 bits per heavy atom. The van der Waals surface area contributed by atoms with Crippen LogP contribution in [0.4, 0.5) is 0 Å². The van der Waals surface area contributed by atoms with Crippen LogP contribution in [0.5, 0.6) is 11.5 Å². The first-order valence-corrected chi connectivity index (χ1v) is 5.56. The summed E-state index contributed by atoms with van der Waals surface area (Å²) in [5, 5.41) is 0. The Labute approximate surface area is 105 Å². The predicted molar refractivity (Wildman–Crippen MR) is 63.6 cm³/mol. The average Bonchev–Trinajstić information content (AvgIpc) is 2.92. The number of benzene rings is 1. The van der Waals surface area contributed by atoms with Crippen molar-refractivity contribution >= 4 is 5.78 Å². The number of carbonyl (C=O) groups is 1. The van der Waals surface area contributed by atoms with E-state index >= 15 is 0 Å². The van der Waals surface area contributed by atoms with Gasteiger partial charge in [0.25, 0.3) is 0 Å². The van der Waals surface area contributed by atoms with Crippen molar-refractivity contribution in [3.05, 3.63) is 35.8 Å². The zero-order valence-corrected chi connectivity index (χ0v) is 10.3. The van der Waals surface area contributed by atoms with Crippen LogP contribution in [-0.2, 0) is 9.47 Å². The van der Waals surface area contributed by atoms with Gasteiger partial charge in [-0.3, -0.25) is 4.79 Å². The highest BCUT2D eigenvalue weighted by molar-refractivity contribution is 6.07. The van der Waals surface area contributed by atoms with E-state index in [9.17, 15) is 4.79 Å². The summed E-state index contributed by atoms with van der Waals surface area (Å²) in [6.07, 6.45) is 1.31. The van der Waals surface area contributed by atoms with E-state index in [4.69, 9.17) is 18.9 Å². The van der Waals surface area contributed by atoms with Crippen LogP contribution >= 0.6 is 0 Å². The third kappa shape index (κ3) is 2.40. The second kappa shape index (κ2) is 5.44. The largest absolute Gasteiger partial charge is 0.493 e. The van der Waals surface area contributed by atoms with Gasteiger partial charge >= 0.3 is 0 Å². The van der Waals surface area contributed by atoms with Gasteiger partial charge in [-0.1, -0.05) is 0 Å². The Kier molecular flexibility index (Phi) is 3.72. The maximum atomic E-state index is 12.0. The monoisotopic (exact) mass is 250 g/mol. The first-order chi connectivity index (χ1) is 8.76. The molecule has 18 heavy (non-hydrogen) atoms. The molecule has 0 aliphatic carbocycles. The molecule has 0 fully saturated rings. The molecule has 1 aliphatic heterocycles. The first kappa shape index (κ1) is 12.3. The number of Topliss-reactive ketones (excluding diaryl/α,β-unsaturated/α-hetero) is 1. The smallest absolute Gasteiger partial charge is 0.231 e. The number of hydrogen-bond donors (Lipinski definition) is 0. The molecule has 0 amide bonds. The number of hydrogen-bond acceptors (Lipinski definition) is 5. The summed E-state index contributed by atoms with van der Waals surface area (Å²) in [5.74, 6) is 1.08. The number of rotatable bonds is 5. The van der Waals surface area contributed by atoms with Crippen LogP contribution in [0.2, 0.25) is 0 Å². The fraction of sp³-hybridized carbons (Fsp3) is 0.308. The second-order valence-electron chi connectivity index (χ2n) is 3.54. The molecule has 5 nitrogen and oxygen atoms in total. The summed E-state index contributed by atoms with van der Waals surface area (Å²) < 4.78 is 20.5. The fourth-order valence-corrected chi connectivity index (χ4v) is 1.59. The molecule has 0 bridgehead atoms. The van der Waals surface area contributed by atoms with E-state index in [0.29, 0.717) is 23.7 Å². The highest BCUT2D eigenvalue weighted by Gasteiger charge is 2.19. The molecule has 0 atom stereocenters. The predicted octanol–water partition coefficient (Wildman–Crippen LogP) is 2.12. The zero-order valence-electron chi connectivity index (χ0n) is 10.3. The highest BCUT2D eigenvalue weighted by Crippen LogP contribution is 2.29. The van der Waals surface area contributed by atoms with Crippen LogP contribution in [0.3, 0.4) is 0 Å². The quantitative estimate of drug-likeness (QED) is 0.749. The summed E-state index contributed by atoms with van der Waals surface area (Å²) in [5.41, 5.74) is 0.469.